The summed E-state index contributed by atoms with van der Waals surface area (Å²) in [6, 6.07) is 10.2. The molecule has 0 aliphatic carbocycles. The SMILES string of the molecule is CN1CCc2cc(C(O)Cc3ccncc3)ccc21. The van der Waals surface area contributed by atoms with E-state index in [1.807, 2.05) is 18.2 Å². The zero-order valence-electron chi connectivity index (χ0n) is 11.1. The molecule has 1 aliphatic rings. The van der Waals surface area contributed by atoms with Crippen molar-refractivity contribution in [2.45, 2.75) is 18.9 Å². The number of hydrogen-bond donors (Lipinski definition) is 1. The molecule has 0 amide bonds. The lowest BCUT2D eigenvalue weighted by Gasteiger charge is -2.15. The minimum Gasteiger partial charge on any atom is -0.388 e. The highest BCUT2D eigenvalue weighted by Crippen LogP contribution is 2.30. The number of likely N-dealkylation sites (N-methyl/N-ethyl adjacent to an activating group) is 1. The third-order valence-electron chi connectivity index (χ3n) is 3.79. The van der Waals surface area contributed by atoms with Gasteiger partial charge in [-0.15, -0.1) is 0 Å². The minimum atomic E-state index is -0.446. The number of aliphatic hydroxyl groups excluding tert-OH is 1. The minimum absolute atomic E-state index is 0.446. The lowest BCUT2D eigenvalue weighted by atomic mass is 9.99. The number of rotatable bonds is 3. The molecule has 98 valence electrons. The van der Waals surface area contributed by atoms with Gasteiger partial charge in [-0.05, 0) is 41.3 Å². The molecule has 1 unspecified atom stereocenters. The fourth-order valence-electron chi connectivity index (χ4n) is 2.65. The molecule has 3 heteroatoms. The van der Waals surface area contributed by atoms with E-state index < -0.39 is 6.10 Å². The van der Waals surface area contributed by atoms with E-state index in [4.69, 9.17) is 0 Å². The lowest BCUT2D eigenvalue weighted by Crippen LogP contribution is -2.12. The van der Waals surface area contributed by atoms with Crippen molar-refractivity contribution in [2.24, 2.45) is 0 Å². The Kier molecular flexibility index (Phi) is 3.22. The van der Waals surface area contributed by atoms with Crippen LogP contribution in [0.15, 0.2) is 42.7 Å². The van der Waals surface area contributed by atoms with E-state index in [1.54, 1.807) is 12.4 Å². The third-order valence-corrected chi connectivity index (χ3v) is 3.79. The van der Waals surface area contributed by atoms with E-state index >= 15 is 0 Å². The van der Waals surface area contributed by atoms with Crippen molar-refractivity contribution in [2.75, 3.05) is 18.5 Å². The summed E-state index contributed by atoms with van der Waals surface area (Å²) in [6.45, 7) is 1.07. The van der Waals surface area contributed by atoms with E-state index in [-0.39, 0.29) is 0 Å². The van der Waals surface area contributed by atoms with Gasteiger partial charge in [0.2, 0.25) is 0 Å². The molecule has 0 bridgehead atoms. The Labute approximate surface area is 113 Å². The van der Waals surface area contributed by atoms with Gasteiger partial charge in [-0.1, -0.05) is 12.1 Å². The van der Waals surface area contributed by atoms with Gasteiger partial charge in [0.15, 0.2) is 0 Å². The van der Waals surface area contributed by atoms with Crippen LogP contribution in [0.5, 0.6) is 0 Å². The zero-order chi connectivity index (χ0) is 13.2. The number of aliphatic hydroxyl groups is 1. The van der Waals surface area contributed by atoms with Crippen LogP contribution in [0.1, 0.15) is 22.8 Å². The number of benzene rings is 1. The highest BCUT2D eigenvalue weighted by Gasteiger charge is 2.17. The molecule has 3 nitrogen and oxygen atoms in total. The van der Waals surface area contributed by atoms with Crippen LogP contribution in [-0.4, -0.2) is 23.7 Å². The first-order valence-electron chi connectivity index (χ1n) is 6.65. The largest absolute Gasteiger partial charge is 0.388 e. The van der Waals surface area contributed by atoms with Crippen LogP contribution in [0, 0.1) is 0 Å². The number of fused-ring (bicyclic) bond motifs is 1. The molecule has 2 aromatic rings. The van der Waals surface area contributed by atoms with Crippen molar-refractivity contribution in [3.8, 4) is 0 Å². The second-order valence-electron chi connectivity index (χ2n) is 5.14. The van der Waals surface area contributed by atoms with Crippen molar-refractivity contribution >= 4 is 5.69 Å². The molecule has 1 N–H and O–H groups in total. The maximum atomic E-state index is 10.3. The second-order valence-corrected chi connectivity index (χ2v) is 5.14. The van der Waals surface area contributed by atoms with E-state index in [0.717, 1.165) is 24.1 Å². The van der Waals surface area contributed by atoms with Crippen LogP contribution < -0.4 is 4.90 Å². The zero-order valence-corrected chi connectivity index (χ0v) is 11.1. The summed E-state index contributed by atoms with van der Waals surface area (Å²) < 4.78 is 0. The monoisotopic (exact) mass is 254 g/mol. The van der Waals surface area contributed by atoms with E-state index in [0.29, 0.717) is 6.42 Å². The normalized spacial score (nSPS) is 15.4. The van der Waals surface area contributed by atoms with Gasteiger partial charge in [-0.3, -0.25) is 4.98 Å². The number of hydrogen-bond acceptors (Lipinski definition) is 3. The maximum Gasteiger partial charge on any atom is 0.0830 e. The van der Waals surface area contributed by atoms with Gasteiger partial charge in [0.1, 0.15) is 0 Å². The van der Waals surface area contributed by atoms with Gasteiger partial charge in [-0.2, -0.15) is 0 Å². The summed E-state index contributed by atoms with van der Waals surface area (Å²) in [4.78, 5) is 6.25. The average Bonchev–Trinajstić information content (AvgIpc) is 2.81. The number of aromatic nitrogens is 1. The molecular formula is C16H18N2O. The molecule has 2 heterocycles. The van der Waals surface area contributed by atoms with Crippen LogP contribution in [0.3, 0.4) is 0 Å². The molecule has 1 aromatic carbocycles. The highest BCUT2D eigenvalue weighted by atomic mass is 16.3. The molecule has 1 aliphatic heterocycles. The molecular weight excluding hydrogens is 236 g/mol. The van der Waals surface area contributed by atoms with Gasteiger partial charge < -0.3 is 10.0 Å². The molecule has 3 rings (SSSR count). The molecule has 1 atom stereocenters. The Balaban J connectivity index is 1.79. The Morgan fingerprint density at radius 2 is 2.05 bits per heavy atom. The Morgan fingerprint density at radius 3 is 2.84 bits per heavy atom. The average molecular weight is 254 g/mol. The maximum absolute atomic E-state index is 10.3. The summed E-state index contributed by atoms with van der Waals surface area (Å²) in [5.41, 5.74) is 4.75. The first-order chi connectivity index (χ1) is 9.24. The number of anilines is 1. The summed E-state index contributed by atoms with van der Waals surface area (Å²) in [7, 11) is 2.11. The van der Waals surface area contributed by atoms with Crippen LogP contribution in [-0.2, 0) is 12.8 Å². The third kappa shape index (κ3) is 2.47. The predicted molar refractivity (Wildman–Crippen MR) is 76.3 cm³/mol. The second kappa shape index (κ2) is 5.02. The Hall–Kier alpha value is -1.87. The van der Waals surface area contributed by atoms with E-state index in [2.05, 4.69) is 29.1 Å². The molecule has 0 radical (unpaired) electrons. The van der Waals surface area contributed by atoms with Crippen LogP contribution in [0.4, 0.5) is 5.69 Å². The molecule has 1 aromatic heterocycles. The summed E-state index contributed by atoms with van der Waals surface area (Å²) in [5.74, 6) is 0. The Bertz CT molecular complexity index is 568. The van der Waals surface area contributed by atoms with Crippen molar-refractivity contribution in [1.82, 2.24) is 4.98 Å². The van der Waals surface area contributed by atoms with E-state index in [9.17, 15) is 5.11 Å². The van der Waals surface area contributed by atoms with Crippen molar-refractivity contribution in [1.29, 1.82) is 0 Å². The number of pyridine rings is 1. The fourth-order valence-corrected chi connectivity index (χ4v) is 2.65. The van der Waals surface area contributed by atoms with Crippen LogP contribution in [0.2, 0.25) is 0 Å². The quantitative estimate of drug-likeness (QED) is 0.913. The molecule has 0 fully saturated rings. The highest BCUT2D eigenvalue weighted by molar-refractivity contribution is 5.58. The summed E-state index contributed by atoms with van der Waals surface area (Å²) in [5, 5.41) is 10.3. The summed E-state index contributed by atoms with van der Waals surface area (Å²) in [6.07, 6.45) is 4.79. The van der Waals surface area contributed by atoms with Gasteiger partial charge in [0.05, 0.1) is 6.10 Å². The lowest BCUT2D eigenvalue weighted by molar-refractivity contribution is 0.178. The molecule has 0 saturated carbocycles. The smallest absolute Gasteiger partial charge is 0.0830 e. The molecule has 0 saturated heterocycles. The fraction of sp³-hybridized carbons (Fsp3) is 0.312. The van der Waals surface area contributed by atoms with Crippen LogP contribution >= 0.6 is 0 Å². The van der Waals surface area contributed by atoms with Crippen LogP contribution in [0.25, 0.3) is 0 Å². The first kappa shape index (κ1) is 12.2. The summed E-state index contributed by atoms with van der Waals surface area (Å²) >= 11 is 0. The van der Waals surface area contributed by atoms with Crippen molar-refractivity contribution in [3.05, 3.63) is 59.4 Å². The number of nitrogens with zero attached hydrogens (tertiary/aromatic N) is 2. The Morgan fingerprint density at radius 1 is 1.26 bits per heavy atom. The molecule has 19 heavy (non-hydrogen) atoms. The van der Waals surface area contributed by atoms with Gasteiger partial charge >= 0.3 is 0 Å². The first-order valence-corrected chi connectivity index (χ1v) is 6.65. The van der Waals surface area contributed by atoms with Gasteiger partial charge in [-0.25, -0.2) is 0 Å². The van der Waals surface area contributed by atoms with Crippen molar-refractivity contribution < 1.29 is 5.11 Å². The van der Waals surface area contributed by atoms with Gasteiger partial charge in [0.25, 0.3) is 0 Å². The topological polar surface area (TPSA) is 36.4 Å². The van der Waals surface area contributed by atoms with Crippen molar-refractivity contribution in [3.63, 3.8) is 0 Å². The van der Waals surface area contributed by atoms with Gasteiger partial charge in [0, 0.05) is 38.1 Å². The predicted octanol–water partition coefficient (Wildman–Crippen LogP) is 2.35. The van der Waals surface area contributed by atoms with E-state index in [1.165, 1.54) is 11.3 Å². The standard InChI is InChI=1S/C16H18N2O/c1-18-9-6-13-11-14(2-3-15(13)18)16(19)10-12-4-7-17-8-5-12/h2-5,7-8,11,16,19H,6,9-10H2,1H3. The molecule has 0 spiro atoms.